The first kappa shape index (κ1) is 11.2. The molecule has 1 unspecified atom stereocenters. The first-order chi connectivity index (χ1) is 7.61. The lowest BCUT2D eigenvalue weighted by Crippen LogP contribution is -2.45. The Labute approximate surface area is 94.0 Å². The minimum Gasteiger partial charge on any atom is -0.472 e. The topological polar surface area (TPSA) is 65.7 Å². The predicted molar refractivity (Wildman–Crippen MR) is 58.1 cm³/mol. The highest BCUT2D eigenvalue weighted by Gasteiger charge is 2.33. The second kappa shape index (κ2) is 4.27. The zero-order valence-corrected chi connectivity index (χ0v) is 9.27. The summed E-state index contributed by atoms with van der Waals surface area (Å²) in [7, 11) is 1.69. The molecule has 0 spiro atoms. The monoisotopic (exact) mass is 224 g/mol. The van der Waals surface area contributed by atoms with E-state index in [1.807, 2.05) is 0 Å². The van der Waals surface area contributed by atoms with Crippen LogP contribution >= 0.6 is 0 Å². The van der Waals surface area contributed by atoms with E-state index in [2.05, 4.69) is 5.32 Å². The van der Waals surface area contributed by atoms with Crippen molar-refractivity contribution in [1.29, 1.82) is 0 Å². The molecule has 1 aromatic heterocycles. The van der Waals surface area contributed by atoms with E-state index in [0.717, 1.165) is 6.54 Å². The molecule has 1 saturated heterocycles. The van der Waals surface area contributed by atoms with Gasteiger partial charge in [0.1, 0.15) is 6.26 Å². The van der Waals surface area contributed by atoms with E-state index >= 15 is 0 Å². The molecule has 2 rings (SSSR count). The van der Waals surface area contributed by atoms with Crippen molar-refractivity contribution in [3.63, 3.8) is 0 Å². The molecule has 5 heteroatoms. The fourth-order valence-electron chi connectivity index (χ4n) is 1.99. The minimum atomic E-state index is -0.797. The molecule has 0 saturated carbocycles. The summed E-state index contributed by atoms with van der Waals surface area (Å²) in [4.78, 5) is 13.4. The number of likely N-dealkylation sites (N-methyl/N-ethyl adjacent to an activating group) is 1. The van der Waals surface area contributed by atoms with Crippen LogP contribution in [0.25, 0.3) is 0 Å². The van der Waals surface area contributed by atoms with Gasteiger partial charge in [0.15, 0.2) is 0 Å². The molecule has 88 valence electrons. The summed E-state index contributed by atoms with van der Waals surface area (Å²) >= 11 is 0. The van der Waals surface area contributed by atoms with Crippen molar-refractivity contribution in [2.75, 3.05) is 26.7 Å². The summed E-state index contributed by atoms with van der Waals surface area (Å²) in [5.74, 6) is -0.130. The number of hydrogen-bond acceptors (Lipinski definition) is 4. The molecule has 0 aromatic carbocycles. The first-order valence-corrected chi connectivity index (χ1v) is 5.31. The molecule has 2 heterocycles. The molecule has 1 aromatic rings. The van der Waals surface area contributed by atoms with Gasteiger partial charge in [0.25, 0.3) is 5.91 Å². The zero-order chi connectivity index (χ0) is 11.6. The average Bonchev–Trinajstić information content (AvgIpc) is 2.87. The standard InChI is InChI=1S/C11H16N2O3/c1-13(8-11(15)3-4-12-7-11)10(14)9-2-5-16-6-9/h2,5-6,12,15H,3-4,7-8H2,1H3. The Morgan fingerprint density at radius 2 is 2.56 bits per heavy atom. The summed E-state index contributed by atoms with van der Waals surface area (Å²) in [5.41, 5.74) is -0.286. The lowest BCUT2D eigenvalue weighted by molar-refractivity contribution is 0.0252. The highest BCUT2D eigenvalue weighted by molar-refractivity contribution is 5.93. The Hall–Kier alpha value is -1.33. The quantitative estimate of drug-likeness (QED) is 0.763. The number of rotatable bonds is 3. The minimum absolute atomic E-state index is 0.130. The molecule has 1 atom stereocenters. The Morgan fingerprint density at radius 3 is 3.12 bits per heavy atom. The van der Waals surface area contributed by atoms with Crippen LogP contribution in [0.15, 0.2) is 23.0 Å². The third-order valence-electron chi connectivity index (χ3n) is 2.87. The van der Waals surface area contributed by atoms with Gasteiger partial charge in [-0.3, -0.25) is 4.79 Å². The number of aliphatic hydroxyl groups is 1. The second-order valence-corrected chi connectivity index (χ2v) is 4.32. The van der Waals surface area contributed by atoms with Gasteiger partial charge in [0.05, 0.1) is 24.0 Å². The lowest BCUT2D eigenvalue weighted by Gasteiger charge is -2.27. The van der Waals surface area contributed by atoms with Crippen LogP contribution < -0.4 is 5.32 Å². The van der Waals surface area contributed by atoms with Gasteiger partial charge in [0, 0.05) is 13.6 Å². The zero-order valence-electron chi connectivity index (χ0n) is 9.27. The third-order valence-corrected chi connectivity index (χ3v) is 2.87. The van der Waals surface area contributed by atoms with Gasteiger partial charge >= 0.3 is 0 Å². The number of β-amino-alcohol motifs (C(OH)–C–C–N with tert-alkyl or cyclic N) is 1. The number of nitrogens with zero attached hydrogens (tertiary/aromatic N) is 1. The van der Waals surface area contributed by atoms with Crippen molar-refractivity contribution in [3.8, 4) is 0 Å². The summed E-state index contributed by atoms with van der Waals surface area (Å²) in [6.45, 7) is 1.67. The molecule has 0 bridgehead atoms. The maximum Gasteiger partial charge on any atom is 0.256 e. The Bertz CT molecular complexity index is 355. The van der Waals surface area contributed by atoms with Crippen LogP contribution in [0.3, 0.4) is 0 Å². The van der Waals surface area contributed by atoms with Crippen LogP contribution in [-0.2, 0) is 0 Å². The summed E-state index contributed by atoms with van der Waals surface area (Å²) < 4.78 is 4.86. The highest BCUT2D eigenvalue weighted by Crippen LogP contribution is 2.16. The van der Waals surface area contributed by atoms with Crippen molar-refractivity contribution in [2.45, 2.75) is 12.0 Å². The maximum absolute atomic E-state index is 11.9. The molecule has 1 aliphatic rings. The summed E-state index contributed by atoms with van der Waals surface area (Å²) in [5, 5.41) is 13.2. The van der Waals surface area contributed by atoms with E-state index in [9.17, 15) is 9.90 Å². The van der Waals surface area contributed by atoms with Gasteiger partial charge in [0.2, 0.25) is 0 Å². The normalized spacial score (nSPS) is 24.6. The van der Waals surface area contributed by atoms with Crippen molar-refractivity contribution < 1.29 is 14.3 Å². The number of amides is 1. The van der Waals surface area contributed by atoms with Crippen LogP contribution in [0.5, 0.6) is 0 Å². The van der Waals surface area contributed by atoms with Gasteiger partial charge in [-0.2, -0.15) is 0 Å². The average molecular weight is 224 g/mol. The number of nitrogens with one attached hydrogen (secondary N) is 1. The van der Waals surface area contributed by atoms with Crippen molar-refractivity contribution in [1.82, 2.24) is 10.2 Å². The van der Waals surface area contributed by atoms with Crippen LogP contribution in [-0.4, -0.2) is 48.2 Å². The van der Waals surface area contributed by atoms with Crippen LogP contribution in [0, 0.1) is 0 Å². The molecule has 5 nitrogen and oxygen atoms in total. The Balaban J connectivity index is 1.97. The molecule has 0 aliphatic carbocycles. The lowest BCUT2D eigenvalue weighted by atomic mass is 10.0. The van der Waals surface area contributed by atoms with Gasteiger partial charge in [-0.15, -0.1) is 0 Å². The Kier molecular flexibility index (Phi) is 2.98. The number of furan rings is 1. The molecule has 2 N–H and O–H groups in total. The fraction of sp³-hybridized carbons (Fsp3) is 0.545. The molecular weight excluding hydrogens is 208 g/mol. The van der Waals surface area contributed by atoms with Crippen LogP contribution in [0.2, 0.25) is 0 Å². The fourth-order valence-corrected chi connectivity index (χ4v) is 1.99. The summed E-state index contributed by atoms with van der Waals surface area (Å²) in [6.07, 6.45) is 3.55. The van der Waals surface area contributed by atoms with Crippen LogP contribution in [0.1, 0.15) is 16.8 Å². The van der Waals surface area contributed by atoms with Gasteiger partial charge < -0.3 is 19.7 Å². The second-order valence-electron chi connectivity index (χ2n) is 4.32. The molecule has 1 fully saturated rings. The van der Waals surface area contributed by atoms with Gasteiger partial charge in [-0.05, 0) is 19.0 Å². The molecule has 1 amide bonds. The van der Waals surface area contributed by atoms with E-state index in [0.29, 0.717) is 25.1 Å². The van der Waals surface area contributed by atoms with Gasteiger partial charge in [-0.1, -0.05) is 0 Å². The summed E-state index contributed by atoms with van der Waals surface area (Å²) in [6, 6.07) is 1.62. The molecule has 16 heavy (non-hydrogen) atoms. The smallest absolute Gasteiger partial charge is 0.256 e. The first-order valence-electron chi connectivity index (χ1n) is 5.31. The van der Waals surface area contributed by atoms with E-state index in [4.69, 9.17) is 4.42 Å². The SMILES string of the molecule is CN(CC1(O)CCNC1)C(=O)c1ccoc1. The van der Waals surface area contributed by atoms with E-state index in [-0.39, 0.29) is 5.91 Å². The predicted octanol–water partition coefficient (Wildman–Crippen LogP) is 0.0760. The van der Waals surface area contributed by atoms with E-state index in [1.165, 1.54) is 17.4 Å². The number of carbonyl (C=O) groups excluding carboxylic acids is 1. The van der Waals surface area contributed by atoms with E-state index < -0.39 is 5.60 Å². The largest absolute Gasteiger partial charge is 0.472 e. The van der Waals surface area contributed by atoms with Crippen molar-refractivity contribution >= 4 is 5.91 Å². The third kappa shape index (κ3) is 2.25. The molecule has 0 radical (unpaired) electrons. The molecular formula is C11H16N2O3. The number of hydrogen-bond donors (Lipinski definition) is 2. The van der Waals surface area contributed by atoms with Gasteiger partial charge in [-0.25, -0.2) is 0 Å². The van der Waals surface area contributed by atoms with Crippen LogP contribution in [0.4, 0.5) is 0 Å². The number of carbonyl (C=O) groups is 1. The highest BCUT2D eigenvalue weighted by atomic mass is 16.3. The Morgan fingerprint density at radius 1 is 1.75 bits per heavy atom. The van der Waals surface area contributed by atoms with E-state index in [1.54, 1.807) is 13.1 Å². The molecule has 1 aliphatic heterocycles. The van der Waals surface area contributed by atoms with Crippen molar-refractivity contribution in [3.05, 3.63) is 24.2 Å². The van der Waals surface area contributed by atoms with Crippen molar-refractivity contribution in [2.24, 2.45) is 0 Å². The maximum atomic E-state index is 11.9.